The third-order valence-corrected chi connectivity index (χ3v) is 3.40. The van der Waals surface area contributed by atoms with Gasteiger partial charge in [0.1, 0.15) is 5.82 Å². The van der Waals surface area contributed by atoms with Crippen molar-refractivity contribution < 1.29 is 49.4 Å². The van der Waals surface area contributed by atoms with Crippen LogP contribution in [0.5, 0.6) is 0 Å². The quantitative estimate of drug-likeness (QED) is 0.584. The van der Waals surface area contributed by atoms with Gasteiger partial charge in [-0.25, -0.2) is 24.7 Å². The minimum absolute atomic E-state index is 0.337. The van der Waals surface area contributed by atoms with Crippen LogP contribution in [0.3, 0.4) is 0 Å². The number of anilines is 1. The Kier molecular flexibility index (Phi) is 9.75. The molecule has 17 heteroatoms. The Labute approximate surface area is 179 Å². The predicted molar refractivity (Wildman–Crippen MR) is 92.8 cm³/mol. The molecule has 3 heterocycles. The van der Waals surface area contributed by atoms with E-state index in [1.165, 1.54) is 12.1 Å². The van der Waals surface area contributed by atoms with E-state index in [2.05, 4.69) is 25.3 Å². The highest BCUT2D eigenvalue weighted by molar-refractivity contribution is 5.73. The molecule has 0 spiro atoms. The highest BCUT2D eigenvalue weighted by Crippen LogP contribution is 2.27. The molecule has 0 saturated carbocycles. The largest absolute Gasteiger partial charge is 0.490 e. The number of carboxylic acids is 1. The lowest BCUT2D eigenvalue weighted by atomic mass is 10.3. The van der Waals surface area contributed by atoms with Crippen molar-refractivity contribution in [2.75, 3.05) is 31.1 Å². The molecule has 1 aliphatic rings. The molecule has 8 nitrogen and oxygen atoms in total. The summed E-state index contributed by atoms with van der Waals surface area (Å²) >= 11 is 0. The smallest absolute Gasteiger partial charge is 0.475 e. The van der Waals surface area contributed by atoms with E-state index in [-0.39, 0.29) is 0 Å². The normalized spacial score (nSPS) is 14.4. The van der Waals surface area contributed by atoms with Crippen molar-refractivity contribution in [3.05, 3.63) is 42.4 Å². The molecule has 0 unspecified atom stereocenters. The van der Waals surface area contributed by atoms with Gasteiger partial charge in [0, 0.05) is 44.8 Å². The lowest BCUT2D eigenvalue weighted by Crippen LogP contribution is -2.44. The summed E-state index contributed by atoms with van der Waals surface area (Å²) in [4.78, 5) is 23.5. The summed E-state index contributed by atoms with van der Waals surface area (Å²) in [5.41, 5.74) is 0. The van der Waals surface area contributed by atoms with Crippen molar-refractivity contribution in [2.24, 2.45) is 0 Å². The molecule has 0 radical (unpaired) electrons. The molecule has 33 heavy (non-hydrogen) atoms. The lowest BCUT2D eigenvalue weighted by Gasteiger charge is -2.28. The van der Waals surface area contributed by atoms with E-state index in [4.69, 9.17) is 9.90 Å². The predicted octanol–water partition coefficient (Wildman–Crippen LogP) is 3.03. The molecule has 2 N–H and O–H groups in total. The zero-order chi connectivity index (χ0) is 25.3. The number of nitrogens with zero attached hydrogens (tertiary/aromatic N) is 5. The SMILES string of the molecule is FC(F)(F)c1nccc(N2CCNCC2)n1.FC(F)(F)c1ncccn1.O=C(O)C(F)(F)F. The van der Waals surface area contributed by atoms with Crippen LogP contribution < -0.4 is 10.2 Å². The maximum Gasteiger partial charge on any atom is 0.490 e. The second-order valence-electron chi connectivity index (χ2n) is 5.85. The van der Waals surface area contributed by atoms with Crippen molar-refractivity contribution in [1.29, 1.82) is 0 Å². The minimum atomic E-state index is -5.08. The number of rotatable bonds is 1. The molecule has 1 saturated heterocycles. The Balaban J connectivity index is 0.000000275. The fourth-order valence-corrected chi connectivity index (χ4v) is 2.00. The summed E-state index contributed by atoms with van der Waals surface area (Å²) in [5, 5.41) is 10.2. The molecule has 2 aromatic heterocycles. The van der Waals surface area contributed by atoms with E-state index in [1.807, 2.05) is 4.90 Å². The van der Waals surface area contributed by atoms with Gasteiger partial charge >= 0.3 is 24.5 Å². The van der Waals surface area contributed by atoms with Crippen LogP contribution in [0.15, 0.2) is 30.7 Å². The summed E-state index contributed by atoms with van der Waals surface area (Å²) in [6.07, 6.45) is -10.7. The molecular formula is C16H15F9N6O2. The van der Waals surface area contributed by atoms with E-state index >= 15 is 0 Å². The molecular weight excluding hydrogens is 479 g/mol. The minimum Gasteiger partial charge on any atom is -0.475 e. The van der Waals surface area contributed by atoms with E-state index in [1.54, 1.807) is 0 Å². The summed E-state index contributed by atoms with van der Waals surface area (Å²) in [5.74, 6) is -4.60. The summed E-state index contributed by atoms with van der Waals surface area (Å²) < 4.78 is 104. The topological polar surface area (TPSA) is 104 Å². The molecule has 1 fully saturated rings. The van der Waals surface area contributed by atoms with Crippen molar-refractivity contribution in [1.82, 2.24) is 25.3 Å². The Bertz CT molecular complexity index is 869. The van der Waals surface area contributed by atoms with Crippen LogP contribution in [-0.2, 0) is 17.1 Å². The Morgan fingerprint density at radius 3 is 1.70 bits per heavy atom. The molecule has 0 aliphatic carbocycles. The van der Waals surface area contributed by atoms with Crippen molar-refractivity contribution in [3.63, 3.8) is 0 Å². The lowest BCUT2D eigenvalue weighted by molar-refractivity contribution is -0.192. The van der Waals surface area contributed by atoms with E-state index < -0.39 is 36.1 Å². The van der Waals surface area contributed by atoms with Crippen LogP contribution >= 0.6 is 0 Å². The number of aliphatic carboxylic acids is 1. The number of hydrogen-bond donors (Lipinski definition) is 2. The second-order valence-corrected chi connectivity index (χ2v) is 5.85. The van der Waals surface area contributed by atoms with Gasteiger partial charge in [0.15, 0.2) is 0 Å². The van der Waals surface area contributed by atoms with Crippen LogP contribution in [0.2, 0.25) is 0 Å². The van der Waals surface area contributed by atoms with Crippen LogP contribution in [-0.4, -0.2) is 63.4 Å². The van der Waals surface area contributed by atoms with Crippen molar-refractivity contribution >= 4 is 11.8 Å². The van der Waals surface area contributed by atoms with Gasteiger partial charge in [-0.1, -0.05) is 0 Å². The molecule has 0 amide bonds. The van der Waals surface area contributed by atoms with Crippen molar-refractivity contribution in [3.8, 4) is 0 Å². The highest BCUT2D eigenvalue weighted by atomic mass is 19.4. The molecule has 1 aliphatic heterocycles. The van der Waals surface area contributed by atoms with Crippen molar-refractivity contribution in [2.45, 2.75) is 18.5 Å². The number of carboxylic acid groups (broad SMARTS) is 1. The zero-order valence-electron chi connectivity index (χ0n) is 16.2. The Hall–Kier alpha value is -3.24. The Morgan fingerprint density at radius 2 is 1.30 bits per heavy atom. The molecule has 2 aromatic rings. The van der Waals surface area contributed by atoms with E-state index in [9.17, 15) is 39.5 Å². The van der Waals surface area contributed by atoms with Gasteiger partial charge in [0.25, 0.3) is 0 Å². The maximum atomic E-state index is 12.4. The first-order valence-corrected chi connectivity index (χ1v) is 8.62. The van der Waals surface area contributed by atoms with E-state index in [0.717, 1.165) is 31.7 Å². The van der Waals surface area contributed by atoms with Gasteiger partial charge in [-0.05, 0) is 12.1 Å². The maximum absolute atomic E-state index is 12.4. The first kappa shape index (κ1) is 27.8. The average Bonchev–Trinajstić information content (AvgIpc) is 2.74. The molecule has 0 atom stereocenters. The fraction of sp³-hybridized carbons (Fsp3) is 0.438. The standard InChI is InChI=1S/C9H11F3N4.C5H3F3N2.C2HF3O2/c10-9(11,12)8-14-2-1-7(15-8)16-5-3-13-4-6-16;6-5(7,8)4-9-2-1-3-10-4;3-2(4,5)1(6)7/h1-2,13H,3-6H2;1-3H;(H,6,7). The number of aromatic nitrogens is 4. The number of halogens is 9. The van der Waals surface area contributed by atoms with Gasteiger partial charge < -0.3 is 15.3 Å². The first-order chi connectivity index (χ1) is 15.1. The van der Waals surface area contributed by atoms with Crippen LogP contribution in [0.1, 0.15) is 11.6 Å². The van der Waals surface area contributed by atoms with Gasteiger partial charge in [-0.3, -0.25) is 0 Å². The third-order valence-electron chi connectivity index (χ3n) is 3.40. The highest BCUT2D eigenvalue weighted by Gasteiger charge is 2.38. The van der Waals surface area contributed by atoms with Crippen LogP contribution in [0, 0.1) is 0 Å². The zero-order valence-corrected chi connectivity index (χ0v) is 16.2. The van der Waals surface area contributed by atoms with Crippen LogP contribution in [0.25, 0.3) is 0 Å². The number of piperazine rings is 1. The fourth-order valence-electron chi connectivity index (χ4n) is 2.00. The van der Waals surface area contributed by atoms with Crippen LogP contribution in [0.4, 0.5) is 45.3 Å². The molecule has 0 bridgehead atoms. The molecule has 0 aromatic carbocycles. The van der Waals surface area contributed by atoms with Gasteiger partial charge in [0.05, 0.1) is 0 Å². The first-order valence-electron chi connectivity index (χ1n) is 8.62. The number of nitrogens with one attached hydrogen (secondary N) is 1. The van der Waals surface area contributed by atoms with Gasteiger partial charge in [-0.15, -0.1) is 0 Å². The Morgan fingerprint density at radius 1 is 0.848 bits per heavy atom. The average molecular weight is 494 g/mol. The monoisotopic (exact) mass is 494 g/mol. The summed E-state index contributed by atoms with van der Waals surface area (Å²) in [7, 11) is 0. The van der Waals surface area contributed by atoms with Gasteiger partial charge in [0.2, 0.25) is 11.6 Å². The number of carbonyl (C=O) groups is 1. The number of alkyl halides is 9. The van der Waals surface area contributed by atoms with Gasteiger partial charge in [-0.2, -0.15) is 39.5 Å². The molecule has 184 valence electrons. The summed E-state index contributed by atoms with van der Waals surface area (Å²) in [6.45, 7) is 2.83. The summed E-state index contributed by atoms with van der Waals surface area (Å²) in [6, 6.07) is 2.83. The third kappa shape index (κ3) is 10.3. The number of hydrogen-bond acceptors (Lipinski definition) is 7. The van der Waals surface area contributed by atoms with E-state index in [0.29, 0.717) is 18.9 Å². The molecule has 3 rings (SSSR count). The second kappa shape index (κ2) is 11.6.